The molecule has 0 saturated carbocycles. The molecule has 0 atom stereocenters. The Balaban J connectivity index is 5.25. The molecule has 5 nitrogen and oxygen atoms in total. The van der Waals surface area contributed by atoms with Crippen LogP contribution in [0.25, 0.3) is 0 Å². The molecule has 0 aliphatic carbocycles. The van der Waals surface area contributed by atoms with Gasteiger partial charge in [-0.25, -0.2) is 0 Å². The van der Waals surface area contributed by atoms with Gasteiger partial charge in [0.15, 0.2) is 0 Å². The molecule has 14 heteroatoms. The summed E-state index contributed by atoms with van der Waals surface area (Å²) in [4.78, 5) is 0. The largest absolute Gasteiger partial charge is 0.439 e. The maximum atomic E-state index is 12.5. The standard InChI is InChI=1S/C2F9N5/c3-2(15(8)9,16(10)11)13(5)1(12-4)14(6)7. The predicted molar refractivity (Wildman–Crippen MR) is 27.5 cm³/mol. The van der Waals surface area contributed by atoms with Crippen LogP contribution in [0.2, 0.25) is 0 Å². The van der Waals surface area contributed by atoms with Gasteiger partial charge in [0, 0.05) is 5.34 Å². The quantitative estimate of drug-likeness (QED) is 0.195. The highest BCUT2D eigenvalue weighted by Gasteiger charge is 2.58. The zero-order valence-electron chi connectivity index (χ0n) is 6.64. The van der Waals surface area contributed by atoms with Gasteiger partial charge >= 0.3 is 12.0 Å². The maximum absolute atomic E-state index is 12.5. The Labute approximate surface area is 80.0 Å². The number of rotatable bonds is 3. The van der Waals surface area contributed by atoms with Crippen molar-refractivity contribution in [2.45, 2.75) is 6.04 Å². The van der Waals surface area contributed by atoms with Crippen LogP contribution in [0.1, 0.15) is 0 Å². The van der Waals surface area contributed by atoms with Crippen molar-refractivity contribution in [1.82, 2.24) is 21.2 Å². The maximum Gasteiger partial charge on any atom is 0.439 e. The third-order valence-corrected chi connectivity index (χ3v) is 1.08. The minimum absolute atomic E-state index is 0.802. The molecule has 0 aromatic carbocycles. The highest BCUT2D eigenvalue weighted by molar-refractivity contribution is 5.76. The van der Waals surface area contributed by atoms with E-state index in [0.29, 0.717) is 0 Å². The van der Waals surface area contributed by atoms with Crippen molar-refractivity contribution in [2.24, 2.45) is 5.21 Å². The van der Waals surface area contributed by atoms with Crippen LogP contribution >= 0.6 is 0 Å². The topological polar surface area (TPSA) is 25.3 Å². The van der Waals surface area contributed by atoms with Gasteiger partial charge in [-0.15, -0.1) is 0 Å². The van der Waals surface area contributed by atoms with E-state index in [0.717, 1.165) is 5.21 Å². The predicted octanol–water partition coefficient (Wildman–Crippen LogP) is 2.21. The zero-order chi connectivity index (χ0) is 13.1. The minimum atomic E-state index is -5.76. The highest BCUT2D eigenvalue weighted by Crippen LogP contribution is 2.31. The second-order valence-electron chi connectivity index (χ2n) is 1.92. The summed E-state index contributed by atoms with van der Waals surface area (Å²) in [6, 6.07) is -5.76. The molecule has 0 aromatic rings. The molecule has 0 saturated heterocycles. The molecule has 0 aliphatic heterocycles. The first kappa shape index (κ1) is 14.6. The lowest BCUT2D eigenvalue weighted by atomic mass is 10.7. The summed E-state index contributed by atoms with van der Waals surface area (Å²) >= 11 is 0. The fourth-order valence-corrected chi connectivity index (χ4v) is 0.445. The summed E-state index contributed by atoms with van der Waals surface area (Å²) in [5.41, 5.74) is 0. The molecule has 0 radical (unpaired) electrons. The van der Waals surface area contributed by atoms with E-state index in [1.54, 1.807) is 0 Å². The van der Waals surface area contributed by atoms with Crippen LogP contribution in [-0.4, -0.2) is 33.2 Å². The van der Waals surface area contributed by atoms with E-state index >= 15 is 0 Å². The lowest BCUT2D eigenvalue weighted by molar-refractivity contribution is -0.477. The third kappa shape index (κ3) is 2.38. The molecule has 0 bridgehead atoms. The summed E-state index contributed by atoms with van der Waals surface area (Å²) in [7, 11) is 0. The van der Waals surface area contributed by atoms with E-state index in [2.05, 4.69) is 0 Å². The smallest absolute Gasteiger partial charge is 0.170 e. The van der Waals surface area contributed by atoms with Crippen LogP contribution in [0.4, 0.5) is 40.2 Å². The molecular formula is C2F9N5. The van der Waals surface area contributed by atoms with E-state index in [9.17, 15) is 40.2 Å². The Kier molecular flexibility index (Phi) is 4.61. The van der Waals surface area contributed by atoms with Crippen LogP contribution in [0.5, 0.6) is 0 Å². The summed E-state index contributed by atoms with van der Waals surface area (Å²) in [6.45, 7) is 0. The molecule has 16 heavy (non-hydrogen) atoms. The summed E-state index contributed by atoms with van der Waals surface area (Å²) in [6.07, 6.45) is 0. The molecular weight excluding hydrogens is 265 g/mol. The van der Waals surface area contributed by atoms with Crippen LogP contribution in [0.3, 0.4) is 0 Å². The molecule has 0 fully saturated rings. The zero-order valence-corrected chi connectivity index (χ0v) is 6.64. The van der Waals surface area contributed by atoms with Crippen molar-refractivity contribution in [2.75, 3.05) is 0 Å². The van der Waals surface area contributed by atoms with Gasteiger partial charge in [0.1, 0.15) is 10.7 Å². The van der Waals surface area contributed by atoms with Crippen molar-refractivity contribution in [3.63, 3.8) is 0 Å². The SMILES string of the molecule is FN=C(N(F)F)N(F)C(F)(N(F)F)N(F)F. The second-order valence-corrected chi connectivity index (χ2v) is 1.92. The van der Waals surface area contributed by atoms with Gasteiger partial charge in [0.05, 0.1) is 0 Å². The van der Waals surface area contributed by atoms with Gasteiger partial charge in [-0.1, -0.05) is 41.0 Å². The monoisotopic (exact) mass is 265 g/mol. The molecule has 96 valence electrons. The fraction of sp³-hybridized carbons (Fsp3) is 0.500. The van der Waals surface area contributed by atoms with Crippen molar-refractivity contribution in [3.8, 4) is 0 Å². The normalized spacial score (nSPS) is 13.6. The van der Waals surface area contributed by atoms with Gasteiger partial charge in [-0.3, -0.25) is 0 Å². The number of hydrogen-bond acceptors (Lipinski definition) is 3. The summed E-state index contributed by atoms with van der Waals surface area (Å²) in [5.74, 6) is -3.05. The molecule has 0 aliphatic rings. The minimum Gasteiger partial charge on any atom is -0.170 e. The van der Waals surface area contributed by atoms with Crippen LogP contribution in [-0.2, 0) is 0 Å². The van der Waals surface area contributed by atoms with Crippen molar-refractivity contribution >= 4 is 5.96 Å². The Morgan fingerprint density at radius 1 is 0.875 bits per heavy atom. The number of halogens is 9. The Hall–Kier alpha value is -1.44. The van der Waals surface area contributed by atoms with Crippen molar-refractivity contribution in [3.05, 3.63) is 0 Å². The molecule has 0 aromatic heterocycles. The Morgan fingerprint density at radius 3 is 1.44 bits per heavy atom. The van der Waals surface area contributed by atoms with Gasteiger partial charge < -0.3 is 0 Å². The number of alkyl halides is 1. The average molecular weight is 265 g/mol. The van der Waals surface area contributed by atoms with Gasteiger partial charge in [-0.05, 0) is 5.21 Å². The Bertz CT molecular complexity index is 244. The van der Waals surface area contributed by atoms with E-state index < -0.39 is 33.2 Å². The van der Waals surface area contributed by atoms with E-state index in [-0.39, 0.29) is 0 Å². The number of guanidine groups is 1. The molecule has 0 spiro atoms. The van der Waals surface area contributed by atoms with Crippen LogP contribution < -0.4 is 0 Å². The molecule has 0 N–H and O–H groups in total. The average Bonchev–Trinajstić information content (AvgIpc) is 2.15. The second kappa shape index (κ2) is 5.06. The van der Waals surface area contributed by atoms with E-state index in [4.69, 9.17) is 0 Å². The van der Waals surface area contributed by atoms with Crippen LogP contribution in [0.15, 0.2) is 5.21 Å². The first-order chi connectivity index (χ1) is 7.19. The first-order valence-electron chi connectivity index (χ1n) is 2.88. The Morgan fingerprint density at radius 2 is 1.25 bits per heavy atom. The summed E-state index contributed by atoms with van der Waals surface area (Å²) < 4.78 is 105. The van der Waals surface area contributed by atoms with E-state index in [1.807, 2.05) is 0 Å². The fourth-order valence-electron chi connectivity index (χ4n) is 0.445. The van der Waals surface area contributed by atoms with Gasteiger partial charge in [0.25, 0.3) is 0 Å². The highest BCUT2D eigenvalue weighted by atomic mass is 19.4. The number of nitrogens with zero attached hydrogens (tertiary/aromatic N) is 5. The summed E-state index contributed by atoms with van der Waals surface area (Å²) in [5, 5.41) is -10.7. The van der Waals surface area contributed by atoms with Gasteiger partial charge in [0.2, 0.25) is 0 Å². The molecule has 0 rings (SSSR count). The molecule has 0 unspecified atom stereocenters. The van der Waals surface area contributed by atoms with Crippen molar-refractivity contribution in [1.29, 1.82) is 0 Å². The molecule has 0 amide bonds. The lowest BCUT2D eigenvalue weighted by Gasteiger charge is -2.28. The van der Waals surface area contributed by atoms with Gasteiger partial charge in [-0.2, -0.15) is 4.39 Å². The third-order valence-electron chi connectivity index (χ3n) is 1.08. The van der Waals surface area contributed by atoms with Crippen LogP contribution in [0, 0.1) is 0 Å². The lowest BCUT2D eigenvalue weighted by Crippen LogP contribution is -2.58. The number of hydrogen-bond donors (Lipinski definition) is 0. The first-order valence-corrected chi connectivity index (χ1v) is 2.88. The van der Waals surface area contributed by atoms with Crippen molar-refractivity contribution < 1.29 is 40.2 Å². The van der Waals surface area contributed by atoms with E-state index in [1.165, 1.54) is 0 Å². The molecule has 0 heterocycles.